The largest absolute Gasteiger partial charge is 0.457 e. The Kier molecular flexibility index (Phi) is 4.63. The van der Waals surface area contributed by atoms with E-state index >= 15 is 0 Å². The molecule has 3 nitrogen and oxygen atoms in total. The molecule has 0 aliphatic heterocycles. The molecule has 4 heteroatoms. The van der Waals surface area contributed by atoms with Crippen molar-refractivity contribution in [3.63, 3.8) is 0 Å². The van der Waals surface area contributed by atoms with Gasteiger partial charge in [0.05, 0.1) is 0 Å². The smallest absolute Gasteiger partial charge is 0.132 e. The van der Waals surface area contributed by atoms with Crippen molar-refractivity contribution in [2.75, 3.05) is 11.9 Å². The SMILES string of the molecule is CCCNc1cc(Oc2ccc(Cl)cc2C)ccn1. The Balaban J connectivity index is 2.14. The Labute approximate surface area is 118 Å². The van der Waals surface area contributed by atoms with Crippen molar-refractivity contribution in [2.24, 2.45) is 0 Å². The molecule has 1 heterocycles. The van der Waals surface area contributed by atoms with Gasteiger partial charge in [-0.25, -0.2) is 4.98 Å². The van der Waals surface area contributed by atoms with Crippen LogP contribution in [-0.2, 0) is 0 Å². The lowest BCUT2D eigenvalue weighted by molar-refractivity contribution is 0.478. The number of anilines is 1. The Morgan fingerprint density at radius 1 is 1.26 bits per heavy atom. The molecule has 2 rings (SSSR count). The summed E-state index contributed by atoms with van der Waals surface area (Å²) in [5.74, 6) is 2.39. The molecule has 1 N–H and O–H groups in total. The van der Waals surface area contributed by atoms with E-state index in [1.54, 1.807) is 6.20 Å². The predicted molar refractivity (Wildman–Crippen MR) is 79.3 cm³/mol. The second-order valence-electron chi connectivity index (χ2n) is 4.32. The molecule has 0 aliphatic rings. The van der Waals surface area contributed by atoms with E-state index in [9.17, 15) is 0 Å². The number of aromatic nitrogens is 1. The van der Waals surface area contributed by atoms with Gasteiger partial charge < -0.3 is 10.1 Å². The molecule has 100 valence electrons. The Morgan fingerprint density at radius 2 is 2.11 bits per heavy atom. The number of pyridine rings is 1. The molecular formula is C15H17ClN2O. The average Bonchev–Trinajstić information content (AvgIpc) is 2.40. The molecule has 2 aromatic rings. The number of hydrogen-bond acceptors (Lipinski definition) is 3. The van der Waals surface area contributed by atoms with E-state index in [4.69, 9.17) is 16.3 Å². The van der Waals surface area contributed by atoms with Crippen LogP contribution in [0.4, 0.5) is 5.82 Å². The van der Waals surface area contributed by atoms with Gasteiger partial charge in [-0.3, -0.25) is 0 Å². The first kappa shape index (κ1) is 13.7. The minimum absolute atomic E-state index is 0.713. The van der Waals surface area contributed by atoms with E-state index in [1.165, 1.54) is 0 Å². The summed E-state index contributed by atoms with van der Waals surface area (Å²) in [7, 11) is 0. The number of aryl methyl sites for hydroxylation is 1. The highest BCUT2D eigenvalue weighted by atomic mass is 35.5. The summed E-state index contributed by atoms with van der Waals surface area (Å²) in [4.78, 5) is 4.24. The standard InChI is InChI=1S/C15H17ClN2O/c1-3-7-17-15-10-13(6-8-18-15)19-14-5-4-12(16)9-11(14)2/h4-6,8-10H,3,7H2,1-2H3,(H,17,18). The van der Waals surface area contributed by atoms with Crippen LogP contribution in [0.5, 0.6) is 11.5 Å². The molecule has 0 unspecified atom stereocenters. The molecule has 0 radical (unpaired) electrons. The van der Waals surface area contributed by atoms with E-state index in [0.717, 1.165) is 35.8 Å². The van der Waals surface area contributed by atoms with Gasteiger partial charge in [0.25, 0.3) is 0 Å². The predicted octanol–water partition coefficient (Wildman–Crippen LogP) is 4.66. The molecule has 0 spiro atoms. The zero-order chi connectivity index (χ0) is 13.7. The summed E-state index contributed by atoms with van der Waals surface area (Å²) in [6.07, 6.45) is 2.79. The van der Waals surface area contributed by atoms with Gasteiger partial charge in [-0.05, 0) is 43.2 Å². The number of nitrogens with zero attached hydrogens (tertiary/aromatic N) is 1. The average molecular weight is 277 g/mol. The van der Waals surface area contributed by atoms with Crippen molar-refractivity contribution in [1.82, 2.24) is 4.98 Å². The third-order valence-electron chi connectivity index (χ3n) is 2.65. The number of benzene rings is 1. The molecule has 0 bridgehead atoms. The summed E-state index contributed by atoms with van der Waals surface area (Å²) in [5, 5.41) is 3.94. The van der Waals surface area contributed by atoms with Crippen LogP contribution in [0.1, 0.15) is 18.9 Å². The topological polar surface area (TPSA) is 34.1 Å². The summed E-state index contributed by atoms with van der Waals surface area (Å²) >= 11 is 5.93. The normalized spacial score (nSPS) is 10.3. The van der Waals surface area contributed by atoms with Crippen LogP contribution in [0.2, 0.25) is 5.02 Å². The first-order valence-electron chi connectivity index (χ1n) is 6.33. The number of ether oxygens (including phenoxy) is 1. The first-order chi connectivity index (χ1) is 9.19. The second-order valence-corrected chi connectivity index (χ2v) is 4.75. The highest BCUT2D eigenvalue weighted by molar-refractivity contribution is 6.30. The molecule has 19 heavy (non-hydrogen) atoms. The molecule has 1 aromatic carbocycles. The van der Waals surface area contributed by atoms with E-state index in [1.807, 2.05) is 37.3 Å². The summed E-state index contributed by atoms with van der Waals surface area (Å²) in [6, 6.07) is 9.31. The Bertz CT molecular complexity index is 558. The summed E-state index contributed by atoms with van der Waals surface area (Å²) < 4.78 is 5.85. The van der Waals surface area contributed by atoms with Crippen LogP contribution in [0.3, 0.4) is 0 Å². The molecule has 0 amide bonds. The van der Waals surface area contributed by atoms with Crippen molar-refractivity contribution >= 4 is 17.4 Å². The zero-order valence-corrected chi connectivity index (χ0v) is 11.9. The van der Waals surface area contributed by atoms with E-state index < -0.39 is 0 Å². The van der Waals surface area contributed by atoms with Gasteiger partial charge in [0, 0.05) is 23.8 Å². The monoisotopic (exact) mass is 276 g/mol. The van der Waals surface area contributed by atoms with Gasteiger partial charge in [-0.2, -0.15) is 0 Å². The van der Waals surface area contributed by atoms with Crippen molar-refractivity contribution in [1.29, 1.82) is 0 Å². The van der Waals surface area contributed by atoms with Crippen molar-refractivity contribution in [3.8, 4) is 11.5 Å². The van der Waals surface area contributed by atoms with Crippen LogP contribution in [-0.4, -0.2) is 11.5 Å². The highest BCUT2D eigenvalue weighted by Crippen LogP contribution is 2.27. The molecule has 0 saturated carbocycles. The van der Waals surface area contributed by atoms with Gasteiger partial charge in [-0.15, -0.1) is 0 Å². The van der Waals surface area contributed by atoms with E-state index in [0.29, 0.717) is 5.02 Å². The molecule has 0 saturated heterocycles. The maximum absolute atomic E-state index is 5.93. The van der Waals surface area contributed by atoms with Crippen LogP contribution in [0, 0.1) is 6.92 Å². The lowest BCUT2D eigenvalue weighted by atomic mass is 10.2. The Hall–Kier alpha value is -1.74. The minimum Gasteiger partial charge on any atom is -0.457 e. The zero-order valence-electron chi connectivity index (χ0n) is 11.1. The maximum Gasteiger partial charge on any atom is 0.132 e. The summed E-state index contributed by atoms with van der Waals surface area (Å²) in [6.45, 7) is 4.99. The fraction of sp³-hybridized carbons (Fsp3) is 0.267. The first-order valence-corrected chi connectivity index (χ1v) is 6.71. The third kappa shape index (κ3) is 3.86. The Morgan fingerprint density at radius 3 is 2.84 bits per heavy atom. The van der Waals surface area contributed by atoms with Gasteiger partial charge in [0.2, 0.25) is 0 Å². The van der Waals surface area contributed by atoms with Crippen LogP contribution >= 0.6 is 11.6 Å². The number of nitrogens with one attached hydrogen (secondary N) is 1. The number of rotatable bonds is 5. The molecule has 0 atom stereocenters. The van der Waals surface area contributed by atoms with E-state index in [-0.39, 0.29) is 0 Å². The fourth-order valence-corrected chi connectivity index (χ4v) is 1.91. The fourth-order valence-electron chi connectivity index (χ4n) is 1.68. The number of hydrogen-bond donors (Lipinski definition) is 1. The van der Waals surface area contributed by atoms with Gasteiger partial charge in [0.1, 0.15) is 17.3 Å². The lowest BCUT2D eigenvalue weighted by Crippen LogP contribution is -2.01. The van der Waals surface area contributed by atoms with Gasteiger partial charge in [-0.1, -0.05) is 18.5 Å². The van der Waals surface area contributed by atoms with Crippen molar-refractivity contribution in [3.05, 3.63) is 47.1 Å². The van der Waals surface area contributed by atoms with Gasteiger partial charge >= 0.3 is 0 Å². The van der Waals surface area contributed by atoms with E-state index in [2.05, 4.69) is 17.2 Å². The van der Waals surface area contributed by atoms with Crippen molar-refractivity contribution < 1.29 is 4.74 Å². The maximum atomic E-state index is 5.93. The third-order valence-corrected chi connectivity index (χ3v) is 2.89. The van der Waals surface area contributed by atoms with Crippen molar-refractivity contribution in [2.45, 2.75) is 20.3 Å². The minimum atomic E-state index is 0.713. The lowest BCUT2D eigenvalue weighted by Gasteiger charge is -2.10. The second kappa shape index (κ2) is 6.43. The number of halogens is 1. The van der Waals surface area contributed by atoms with Crippen LogP contribution in [0.25, 0.3) is 0 Å². The van der Waals surface area contributed by atoms with Gasteiger partial charge in [0.15, 0.2) is 0 Å². The molecule has 0 aliphatic carbocycles. The van der Waals surface area contributed by atoms with Crippen LogP contribution in [0.15, 0.2) is 36.5 Å². The van der Waals surface area contributed by atoms with Crippen LogP contribution < -0.4 is 10.1 Å². The highest BCUT2D eigenvalue weighted by Gasteiger charge is 2.03. The summed E-state index contributed by atoms with van der Waals surface area (Å²) in [5.41, 5.74) is 1.01. The molecular weight excluding hydrogens is 260 g/mol. The molecule has 1 aromatic heterocycles. The molecule has 0 fully saturated rings. The quantitative estimate of drug-likeness (QED) is 0.862.